The van der Waals surface area contributed by atoms with Crippen molar-refractivity contribution in [2.45, 2.75) is 32.4 Å². The quantitative estimate of drug-likeness (QED) is 0.297. The Morgan fingerprint density at radius 2 is 1.79 bits per heavy atom. The van der Waals surface area contributed by atoms with Gasteiger partial charge in [0.1, 0.15) is 40.1 Å². The van der Waals surface area contributed by atoms with E-state index in [-0.39, 0.29) is 11.7 Å². The van der Waals surface area contributed by atoms with Gasteiger partial charge in [0.15, 0.2) is 5.13 Å². The number of amides is 1. The Kier molecular flexibility index (Phi) is 8.27. The van der Waals surface area contributed by atoms with Gasteiger partial charge in [0.25, 0.3) is 0 Å². The Morgan fingerprint density at radius 3 is 2.47 bits per heavy atom. The van der Waals surface area contributed by atoms with Gasteiger partial charge in [-0.2, -0.15) is 5.26 Å². The zero-order chi connectivity index (χ0) is 30.1. The van der Waals surface area contributed by atoms with Crippen LogP contribution in [0.4, 0.5) is 25.4 Å². The molecule has 2 fully saturated rings. The number of fused-ring (bicyclic) bond motifs is 1. The van der Waals surface area contributed by atoms with Crippen LogP contribution < -0.4 is 9.80 Å². The summed E-state index contributed by atoms with van der Waals surface area (Å²) in [5.41, 5.74) is 4.01. The molecule has 0 radical (unpaired) electrons. The Bertz CT molecular complexity index is 1650. The first kappa shape index (κ1) is 29.0. The predicted molar refractivity (Wildman–Crippen MR) is 164 cm³/mol. The highest BCUT2D eigenvalue weighted by Gasteiger charge is 2.27. The summed E-state index contributed by atoms with van der Waals surface area (Å²) >= 11 is 1.29. The topological polar surface area (TPSA) is 84.0 Å². The molecule has 2 aliphatic rings. The van der Waals surface area contributed by atoms with Crippen LogP contribution in [-0.2, 0) is 11.2 Å². The molecule has 224 valence electrons. The molecule has 2 saturated heterocycles. The molecule has 0 spiro atoms. The molecule has 3 aromatic heterocycles. The second-order valence-corrected chi connectivity index (χ2v) is 12.0. The van der Waals surface area contributed by atoms with Crippen LogP contribution in [0.15, 0.2) is 42.6 Å². The SMILES string of the molecule is CCc1nc2ccc(N3CCN(CC(=O)N4CCC(F)CC4)CC3)cn2c1N(C)c1nc(-c2ccc(F)cc2)c(C#N)s1. The third-order valence-electron chi connectivity index (χ3n) is 8.30. The highest BCUT2D eigenvalue weighted by atomic mass is 32.1. The van der Waals surface area contributed by atoms with Gasteiger partial charge in [0.2, 0.25) is 5.91 Å². The number of piperidine rings is 1. The fourth-order valence-electron chi connectivity index (χ4n) is 5.82. The fraction of sp³-hybridized carbons (Fsp3) is 0.419. The molecule has 9 nitrogen and oxygen atoms in total. The average molecular weight is 605 g/mol. The summed E-state index contributed by atoms with van der Waals surface area (Å²) in [6, 6.07) is 12.4. The molecule has 6 rings (SSSR count). The van der Waals surface area contributed by atoms with Gasteiger partial charge in [-0.15, -0.1) is 0 Å². The molecule has 0 aliphatic carbocycles. The second-order valence-electron chi connectivity index (χ2n) is 11.0. The lowest BCUT2D eigenvalue weighted by molar-refractivity contribution is -0.134. The molecule has 0 unspecified atom stereocenters. The van der Waals surface area contributed by atoms with Crippen molar-refractivity contribution in [3.63, 3.8) is 0 Å². The Labute approximate surface area is 253 Å². The van der Waals surface area contributed by atoms with E-state index in [1.54, 1.807) is 17.0 Å². The Morgan fingerprint density at radius 1 is 1.07 bits per heavy atom. The molecule has 0 bridgehead atoms. The van der Waals surface area contributed by atoms with Crippen molar-refractivity contribution in [2.24, 2.45) is 0 Å². The van der Waals surface area contributed by atoms with E-state index in [0.717, 1.165) is 49.0 Å². The van der Waals surface area contributed by atoms with Crippen molar-refractivity contribution in [2.75, 3.05) is 62.7 Å². The zero-order valence-electron chi connectivity index (χ0n) is 24.3. The third-order valence-corrected chi connectivity index (χ3v) is 9.33. The first-order chi connectivity index (χ1) is 20.8. The number of piperazine rings is 1. The van der Waals surface area contributed by atoms with Crippen LogP contribution >= 0.6 is 11.3 Å². The number of aryl methyl sites for hydroxylation is 1. The molecule has 43 heavy (non-hydrogen) atoms. The molecule has 1 aromatic carbocycles. The molecule has 2 aliphatic heterocycles. The van der Waals surface area contributed by atoms with Crippen molar-refractivity contribution < 1.29 is 13.6 Å². The fourth-order valence-corrected chi connectivity index (χ4v) is 6.67. The standard InChI is InChI=1S/C31H34F2N8OS/c1-3-25-30(37(2)31-36-29(26(18-34)43-31)21-4-6-22(32)7-5-21)41-19-24(8-9-27(41)35-25)39-16-14-38(15-17-39)20-28(42)40-12-10-23(33)11-13-40/h4-9,19,23H,3,10-17,20H2,1-2H3. The number of likely N-dealkylation sites (tertiary alicyclic amines) is 1. The number of benzene rings is 1. The highest BCUT2D eigenvalue weighted by Crippen LogP contribution is 2.37. The average Bonchev–Trinajstić information content (AvgIpc) is 3.63. The molecule has 12 heteroatoms. The van der Waals surface area contributed by atoms with Gasteiger partial charge in [0.05, 0.1) is 17.9 Å². The maximum absolute atomic E-state index is 13.5. The number of thiazole rings is 1. The second kappa shape index (κ2) is 12.3. The van der Waals surface area contributed by atoms with Gasteiger partial charge < -0.3 is 14.7 Å². The summed E-state index contributed by atoms with van der Waals surface area (Å²) in [6.45, 7) is 6.55. The van der Waals surface area contributed by atoms with E-state index >= 15 is 0 Å². The number of nitriles is 1. The molecular weight excluding hydrogens is 570 g/mol. The smallest absolute Gasteiger partial charge is 0.236 e. The van der Waals surface area contributed by atoms with Gasteiger partial charge in [-0.05, 0) is 55.7 Å². The molecule has 5 heterocycles. The van der Waals surface area contributed by atoms with E-state index in [9.17, 15) is 18.8 Å². The van der Waals surface area contributed by atoms with Crippen molar-refractivity contribution in [1.82, 2.24) is 24.2 Å². The van der Waals surface area contributed by atoms with Gasteiger partial charge in [-0.25, -0.2) is 18.7 Å². The number of nitrogens with zero attached hydrogens (tertiary/aromatic N) is 8. The number of rotatable bonds is 7. The van der Waals surface area contributed by atoms with Crippen LogP contribution in [0.25, 0.3) is 16.9 Å². The van der Waals surface area contributed by atoms with Crippen LogP contribution in [0.2, 0.25) is 0 Å². The Hall–Kier alpha value is -4.08. The molecule has 0 N–H and O–H groups in total. The van der Waals surface area contributed by atoms with Gasteiger partial charge in [0, 0.05) is 58.1 Å². The van der Waals surface area contributed by atoms with Gasteiger partial charge in [-0.1, -0.05) is 18.3 Å². The summed E-state index contributed by atoms with van der Waals surface area (Å²) in [7, 11) is 1.93. The summed E-state index contributed by atoms with van der Waals surface area (Å²) in [5.74, 6) is 0.627. The van der Waals surface area contributed by atoms with Gasteiger partial charge >= 0.3 is 0 Å². The minimum absolute atomic E-state index is 0.0873. The summed E-state index contributed by atoms with van der Waals surface area (Å²) in [6.07, 6.45) is 2.89. The van der Waals surface area contributed by atoms with E-state index in [1.807, 2.05) is 18.0 Å². The number of hydrogen-bond acceptors (Lipinski definition) is 8. The van der Waals surface area contributed by atoms with Gasteiger partial charge in [-0.3, -0.25) is 14.1 Å². The number of hydrogen-bond donors (Lipinski definition) is 0. The predicted octanol–water partition coefficient (Wildman–Crippen LogP) is 4.88. The number of imidazole rings is 1. The van der Waals surface area contributed by atoms with Crippen LogP contribution in [0.1, 0.15) is 30.3 Å². The Balaban J connectivity index is 1.20. The molecule has 4 aromatic rings. The van der Waals surface area contributed by atoms with Crippen molar-refractivity contribution in [3.8, 4) is 17.3 Å². The summed E-state index contributed by atoms with van der Waals surface area (Å²) in [4.78, 5) is 31.1. The van der Waals surface area contributed by atoms with Crippen LogP contribution in [0, 0.1) is 17.1 Å². The highest BCUT2D eigenvalue weighted by molar-refractivity contribution is 7.16. The maximum Gasteiger partial charge on any atom is 0.236 e. The number of carbonyl (C=O) groups is 1. The minimum atomic E-state index is -0.787. The lowest BCUT2D eigenvalue weighted by atomic mass is 10.1. The molecule has 0 saturated carbocycles. The van der Waals surface area contributed by atoms with E-state index in [0.29, 0.717) is 60.2 Å². The van der Waals surface area contributed by atoms with Crippen LogP contribution in [0.5, 0.6) is 0 Å². The van der Waals surface area contributed by atoms with Crippen LogP contribution in [-0.4, -0.2) is 89.1 Å². The van der Waals surface area contributed by atoms with Crippen molar-refractivity contribution >= 4 is 39.5 Å². The molecular formula is C31H34F2N8OS. The molecule has 1 amide bonds. The summed E-state index contributed by atoms with van der Waals surface area (Å²) < 4.78 is 29.1. The number of pyridine rings is 1. The lowest BCUT2D eigenvalue weighted by Gasteiger charge is -2.37. The van der Waals surface area contributed by atoms with E-state index < -0.39 is 6.17 Å². The van der Waals surface area contributed by atoms with E-state index in [2.05, 4.69) is 39.5 Å². The third kappa shape index (κ3) is 5.92. The van der Waals surface area contributed by atoms with E-state index in [1.165, 1.54) is 23.5 Å². The number of alkyl halides is 1. The first-order valence-electron chi connectivity index (χ1n) is 14.6. The van der Waals surface area contributed by atoms with Crippen molar-refractivity contribution in [1.29, 1.82) is 5.26 Å². The number of halogens is 2. The van der Waals surface area contributed by atoms with Crippen molar-refractivity contribution in [3.05, 3.63) is 59.0 Å². The summed E-state index contributed by atoms with van der Waals surface area (Å²) in [5, 5.41) is 10.5. The van der Waals surface area contributed by atoms with Crippen LogP contribution in [0.3, 0.4) is 0 Å². The van der Waals surface area contributed by atoms with E-state index in [4.69, 9.17) is 9.97 Å². The largest absolute Gasteiger partial charge is 0.368 e. The number of aromatic nitrogens is 3. The first-order valence-corrected chi connectivity index (χ1v) is 15.5. The number of carbonyl (C=O) groups excluding carboxylic acids is 1. The molecule has 0 atom stereocenters. The maximum atomic E-state index is 13.5. The minimum Gasteiger partial charge on any atom is -0.368 e. The zero-order valence-corrected chi connectivity index (χ0v) is 25.2. The number of anilines is 3. The lowest BCUT2D eigenvalue weighted by Crippen LogP contribution is -2.51. The normalized spacial score (nSPS) is 16.5. The monoisotopic (exact) mass is 604 g/mol.